The van der Waals surface area contributed by atoms with Crippen LogP contribution in [0.25, 0.3) is 11.1 Å². The summed E-state index contributed by atoms with van der Waals surface area (Å²) in [5, 5.41) is 24.6. The van der Waals surface area contributed by atoms with Crippen LogP contribution in [0.15, 0.2) is 59.5 Å². The van der Waals surface area contributed by atoms with Gasteiger partial charge in [-0.15, -0.1) is 0 Å². The van der Waals surface area contributed by atoms with Crippen molar-refractivity contribution in [3.05, 3.63) is 76.2 Å². The van der Waals surface area contributed by atoms with Crippen molar-refractivity contribution < 1.29 is 24.5 Å². The number of methoxy groups -OCH3 is 1. The number of nitrogens with zero attached hydrogens (tertiary/aromatic N) is 1. The number of hydrogen-bond donors (Lipinski definition) is 4. The molecule has 2 aromatic carbocycles. The predicted octanol–water partition coefficient (Wildman–Crippen LogP) is 3.41. The van der Waals surface area contributed by atoms with Crippen LogP contribution in [0.5, 0.6) is 11.5 Å². The van der Waals surface area contributed by atoms with E-state index in [0.29, 0.717) is 16.9 Å². The third-order valence-corrected chi connectivity index (χ3v) is 5.17. The molecule has 0 aliphatic rings. The van der Waals surface area contributed by atoms with E-state index in [1.54, 1.807) is 25.1 Å². The predicted molar refractivity (Wildman–Crippen MR) is 124 cm³/mol. The number of carboxylic acids is 1. The van der Waals surface area contributed by atoms with Gasteiger partial charge >= 0.3 is 12.0 Å². The SMILES string of the molecule is COc1ccc([C@H](CC(=O)O)NC(=O)Nc2c(O)c(C)cn(C)c2=O)cc1-c1ccccc1. The lowest BCUT2D eigenvalue weighted by molar-refractivity contribution is -0.137. The molecule has 0 bridgehead atoms. The molecule has 1 heterocycles. The number of carbonyl (C=O) groups is 2. The Morgan fingerprint density at radius 3 is 2.48 bits per heavy atom. The fraction of sp³-hybridized carbons (Fsp3) is 0.208. The first kappa shape index (κ1) is 23.4. The van der Waals surface area contributed by atoms with Crippen molar-refractivity contribution in [3.63, 3.8) is 0 Å². The first-order chi connectivity index (χ1) is 15.7. The molecule has 0 saturated carbocycles. The molecule has 9 nitrogen and oxygen atoms in total. The molecule has 0 radical (unpaired) electrons. The minimum absolute atomic E-state index is 0.288. The zero-order valence-electron chi connectivity index (χ0n) is 18.5. The summed E-state index contributed by atoms with van der Waals surface area (Å²) < 4.78 is 6.67. The minimum atomic E-state index is -1.12. The Morgan fingerprint density at radius 1 is 1.15 bits per heavy atom. The molecule has 3 aromatic rings. The van der Waals surface area contributed by atoms with Gasteiger partial charge in [-0.05, 0) is 30.2 Å². The van der Waals surface area contributed by atoms with E-state index >= 15 is 0 Å². The number of nitrogens with one attached hydrogen (secondary N) is 2. The van der Waals surface area contributed by atoms with Crippen molar-refractivity contribution in [2.45, 2.75) is 19.4 Å². The van der Waals surface area contributed by atoms with Gasteiger partial charge in [-0.2, -0.15) is 0 Å². The fourth-order valence-corrected chi connectivity index (χ4v) is 3.52. The van der Waals surface area contributed by atoms with E-state index in [4.69, 9.17) is 4.74 Å². The molecule has 0 unspecified atom stereocenters. The topological polar surface area (TPSA) is 130 Å². The summed E-state index contributed by atoms with van der Waals surface area (Å²) in [5.41, 5.74) is 1.65. The zero-order valence-corrected chi connectivity index (χ0v) is 18.5. The van der Waals surface area contributed by atoms with Gasteiger partial charge in [0.15, 0.2) is 5.69 Å². The molecular formula is C24H25N3O6. The van der Waals surface area contributed by atoms with Crippen LogP contribution >= 0.6 is 0 Å². The van der Waals surface area contributed by atoms with Crippen LogP contribution in [0.1, 0.15) is 23.6 Å². The molecule has 0 aliphatic carbocycles. The maximum atomic E-state index is 12.7. The Balaban J connectivity index is 1.93. The molecule has 3 rings (SSSR count). The summed E-state index contributed by atoms with van der Waals surface area (Å²) >= 11 is 0. The molecular weight excluding hydrogens is 426 g/mol. The molecule has 172 valence electrons. The molecule has 2 amide bonds. The summed E-state index contributed by atoms with van der Waals surface area (Å²) in [5.74, 6) is -0.873. The molecule has 0 saturated heterocycles. The van der Waals surface area contributed by atoms with E-state index in [1.807, 2.05) is 30.3 Å². The number of anilines is 1. The summed E-state index contributed by atoms with van der Waals surface area (Å²) in [7, 11) is 3.03. The van der Waals surface area contributed by atoms with Gasteiger partial charge in [0.2, 0.25) is 0 Å². The van der Waals surface area contributed by atoms with E-state index in [9.17, 15) is 24.6 Å². The van der Waals surface area contributed by atoms with Gasteiger partial charge in [0.05, 0.1) is 19.6 Å². The zero-order chi connectivity index (χ0) is 24.1. The maximum absolute atomic E-state index is 12.7. The normalized spacial score (nSPS) is 11.5. The first-order valence-corrected chi connectivity index (χ1v) is 10.1. The van der Waals surface area contributed by atoms with Crippen LogP contribution in [0.2, 0.25) is 0 Å². The Kier molecular flexibility index (Phi) is 7.02. The van der Waals surface area contributed by atoms with Gasteiger partial charge in [0.25, 0.3) is 5.56 Å². The standard InChI is InChI=1S/C24H25N3O6/c1-14-13-27(2)23(31)21(22(14)30)26-24(32)25-18(12-20(28)29)16-9-10-19(33-3)17(11-16)15-7-5-4-6-8-15/h4-11,13,18,30H,12H2,1-3H3,(H,28,29)(H2,25,26,32)/t18-/m0/s1. The number of amides is 2. The van der Waals surface area contributed by atoms with Crippen LogP contribution in [0.4, 0.5) is 10.5 Å². The lowest BCUT2D eigenvalue weighted by Crippen LogP contribution is -2.36. The molecule has 33 heavy (non-hydrogen) atoms. The van der Waals surface area contributed by atoms with Crippen molar-refractivity contribution in [2.24, 2.45) is 7.05 Å². The molecule has 0 fully saturated rings. The lowest BCUT2D eigenvalue weighted by atomic mass is 9.97. The van der Waals surface area contributed by atoms with E-state index in [0.717, 1.165) is 11.1 Å². The second-order valence-corrected chi connectivity index (χ2v) is 7.53. The third-order valence-electron chi connectivity index (χ3n) is 5.17. The van der Waals surface area contributed by atoms with Crippen LogP contribution in [-0.4, -0.2) is 33.9 Å². The van der Waals surface area contributed by atoms with Gasteiger partial charge in [0.1, 0.15) is 11.5 Å². The highest BCUT2D eigenvalue weighted by molar-refractivity contribution is 5.91. The lowest BCUT2D eigenvalue weighted by Gasteiger charge is -2.20. The third kappa shape index (κ3) is 5.32. The molecule has 0 spiro atoms. The van der Waals surface area contributed by atoms with Crippen LogP contribution < -0.4 is 20.9 Å². The minimum Gasteiger partial charge on any atom is -0.505 e. The first-order valence-electron chi connectivity index (χ1n) is 10.1. The smallest absolute Gasteiger partial charge is 0.319 e. The number of rotatable bonds is 7. The monoisotopic (exact) mass is 451 g/mol. The number of aliphatic carboxylic acids is 1. The highest BCUT2D eigenvalue weighted by atomic mass is 16.5. The number of pyridine rings is 1. The van der Waals surface area contributed by atoms with Crippen molar-refractivity contribution in [1.82, 2.24) is 9.88 Å². The largest absolute Gasteiger partial charge is 0.505 e. The van der Waals surface area contributed by atoms with E-state index in [-0.39, 0.29) is 11.4 Å². The van der Waals surface area contributed by atoms with Gasteiger partial charge in [-0.25, -0.2) is 4.79 Å². The molecule has 1 atom stereocenters. The fourth-order valence-electron chi connectivity index (χ4n) is 3.52. The van der Waals surface area contributed by atoms with Crippen LogP contribution in [-0.2, 0) is 11.8 Å². The van der Waals surface area contributed by atoms with Gasteiger partial charge in [0, 0.05) is 24.4 Å². The Bertz CT molecular complexity index is 1240. The number of ether oxygens (including phenoxy) is 1. The van der Waals surface area contributed by atoms with Crippen molar-refractivity contribution in [1.29, 1.82) is 0 Å². The Morgan fingerprint density at radius 2 is 1.85 bits per heavy atom. The second kappa shape index (κ2) is 9.90. The van der Waals surface area contributed by atoms with Crippen molar-refractivity contribution >= 4 is 17.7 Å². The number of urea groups is 1. The van der Waals surface area contributed by atoms with Crippen LogP contribution in [0.3, 0.4) is 0 Å². The van der Waals surface area contributed by atoms with Gasteiger partial charge < -0.3 is 30.2 Å². The molecule has 9 heteroatoms. The number of carbonyl (C=O) groups excluding carboxylic acids is 1. The van der Waals surface area contributed by atoms with Crippen LogP contribution in [0, 0.1) is 6.92 Å². The average molecular weight is 451 g/mol. The number of carboxylic acid groups (broad SMARTS) is 1. The second-order valence-electron chi connectivity index (χ2n) is 7.53. The average Bonchev–Trinajstić information content (AvgIpc) is 2.80. The van der Waals surface area contributed by atoms with E-state index in [2.05, 4.69) is 10.6 Å². The quantitative estimate of drug-likeness (QED) is 0.436. The highest BCUT2D eigenvalue weighted by Gasteiger charge is 2.22. The Labute approximate surface area is 190 Å². The summed E-state index contributed by atoms with van der Waals surface area (Å²) in [4.78, 5) is 36.5. The molecule has 4 N–H and O–H groups in total. The summed E-state index contributed by atoms with van der Waals surface area (Å²) in [6, 6.07) is 12.8. The number of aromatic nitrogens is 1. The van der Waals surface area contributed by atoms with Gasteiger partial charge in [-0.3, -0.25) is 9.59 Å². The summed E-state index contributed by atoms with van der Waals surface area (Å²) in [6.45, 7) is 1.59. The van der Waals surface area contributed by atoms with Gasteiger partial charge in [-0.1, -0.05) is 36.4 Å². The maximum Gasteiger partial charge on any atom is 0.319 e. The number of hydrogen-bond acceptors (Lipinski definition) is 5. The number of aromatic hydroxyl groups is 1. The Hall–Kier alpha value is -4.27. The van der Waals surface area contributed by atoms with Crippen molar-refractivity contribution in [2.75, 3.05) is 12.4 Å². The summed E-state index contributed by atoms with van der Waals surface area (Å²) in [6.07, 6.45) is 1.04. The van der Waals surface area contributed by atoms with E-state index in [1.165, 1.54) is 24.9 Å². The molecule has 1 aromatic heterocycles. The number of aryl methyl sites for hydroxylation is 2. The van der Waals surface area contributed by atoms with E-state index < -0.39 is 30.0 Å². The van der Waals surface area contributed by atoms with Crippen molar-refractivity contribution in [3.8, 4) is 22.6 Å². The molecule has 0 aliphatic heterocycles. The number of benzene rings is 2. The highest BCUT2D eigenvalue weighted by Crippen LogP contribution is 2.33.